The summed E-state index contributed by atoms with van der Waals surface area (Å²) in [5, 5.41) is 18.7. The second-order valence-electron chi connectivity index (χ2n) is 21.8. The summed E-state index contributed by atoms with van der Waals surface area (Å²) in [5.74, 6) is 2.66. The number of fused-ring (bicyclic) bond motifs is 5. The van der Waals surface area contributed by atoms with E-state index in [1.165, 1.54) is 18.9 Å². The number of phenols is 1. The number of aromatic nitrogens is 3. The number of hydrogen-bond acceptors (Lipinski definition) is 13. The number of amides is 3. The summed E-state index contributed by atoms with van der Waals surface area (Å²) >= 11 is 0. The Morgan fingerprint density at radius 2 is 1.71 bits per heavy atom. The van der Waals surface area contributed by atoms with Crippen molar-refractivity contribution in [2.24, 2.45) is 16.7 Å². The number of nitrogens with zero attached hydrogens (tertiary/aromatic N) is 8. The van der Waals surface area contributed by atoms with Gasteiger partial charge in [-0.05, 0) is 104 Å². The molecule has 15 nitrogen and oxygen atoms in total. The van der Waals surface area contributed by atoms with Crippen LogP contribution in [-0.2, 0) is 16.1 Å². The molecule has 6 aliphatic heterocycles. The number of carbonyl (C=O) groups excluding carboxylic acids is 3. The van der Waals surface area contributed by atoms with E-state index in [9.17, 15) is 19.5 Å². The van der Waals surface area contributed by atoms with Crippen molar-refractivity contribution in [1.82, 2.24) is 40.3 Å². The summed E-state index contributed by atoms with van der Waals surface area (Å²) in [7, 11) is 0. The first-order chi connectivity index (χ1) is 34.0. The van der Waals surface area contributed by atoms with Gasteiger partial charge in [-0.1, -0.05) is 18.1 Å². The van der Waals surface area contributed by atoms with E-state index < -0.39 is 11.9 Å². The van der Waals surface area contributed by atoms with Crippen molar-refractivity contribution in [3.8, 4) is 35.4 Å². The Labute approximate surface area is 405 Å². The number of halogens is 1. The van der Waals surface area contributed by atoms with Crippen LogP contribution in [0.15, 0.2) is 54.7 Å². The third-order valence-corrected chi connectivity index (χ3v) is 16.9. The topological polar surface area (TPSA) is 160 Å². The summed E-state index contributed by atoms with van der Waals surface area (Å²) in [4.78, 5) is 63.3. The molecule has 7 fully saturated rings. The van der Waals surface area contributed by atoms with Crippen LogP contribution in [0.1, 0.15) is 72.9 Å². The molecule has 360 valence electrons. The Morgan fingerprint density at radius 3 is 2.47 bits per heavy atom. The molecule has 1 spiro atoms. The standard InChI is InChI=1S/C54H57FN10O5/c1-2-33-4-3-5-34-19-39(66)20-41(45(33)34)47-46(55)48-42(23-56-47)49(64-26-36-6-7-37(27-64)57-36)60-52(59-48)70-31-53(12-13-53)28-62-29-54(30-62)21-32(22-54)24-61-14-16-63(17-15-61)38-8-9-40-35(18-38)25-65(51(40)69)43-10-11-44(67)58-50(43)68/h1,3-5,8-9,18-20,23,32,36-37,43,57,66H,6-7,10-17,21-22,24-31H2,(H,58,67,68)/t36?,37?,43-/m0/s1. The van der Waals surface area contributed by atoms with Gasteiger partial charge in [0.2, 0.25) is 11.8 Å². The normalized spacial score (nSPS) is 25.0. The molecular weight excluding hydrogens is 888 g/mol. The summed E-state index contributed by atoms with van der Waals surface area (Å²) in [6, 6.07) is 14.9. The van der Waals surface area contributed by atoms with E-state index in [-0.39, 0.29) is 52.5 Å². The number of phenolic OH excluding ortho intramolecular Hbond substituents is 1. The Bertz CT molecular complexity index is 3030. The maximum atomic E-state index is 17.1. The van der Waals surface area contributed by atoms with Gasteiger partial charge in [0.05, 0.1) is 12.0 Å². The van der Waals surface area contributed by atoms with E-state index in [1.54, 1.807) is 17.2 Å². The van der Waals surface area contributed by atoms with E-state index in [2.05, 4.69) is 47.2 Å². The van der Waals surface area contributed by atoms with E-state index in [0.29, 0.717) is 81.7 Å². The van der Waals surface area contributed by atoms with Gasteiger partial charge in [-0.2, -0.15) is 9.97 Å². The van der Waals surface area contributed by atoms with Gasteiger partial charge in [0.1, 0.15) is 28.8 Å². The van der Waals surface area contributed by atoms with Crippen LogP contribution in [0.4, 0.5) is 15.9 Å². The summed E-state index contributed by atoms with van der Waals surface area (Å²) in [6.45, 7) is 10.6. The molecule has 5 saturated heterocycles. The van der Waals surface area contributed by atoms with Gasteiger partial charge < -0.3 is 34.8 Å². The fraction of sp³-hybridized carbons (Fsp3) is 0.481. The van der Waals surface area contributed by atoms with Crippen LogP contribution < -0.4 is 25.2 Å². The van der Waals surface area contributed by atoms with E-state index >= 15 is 4.39 Å². The molecule has 8 heterocycles. The Balaban J connectivity index is 0.630. The van der Waals surface area contributed by atoms with Crippen LogP contribution in [0.25, 0.3) is 32.9 Å². The fourth-order valence-corrected chi connectivity index (χ4v) is 13.3. The molecule has 70 heavy (non-hydrogen) atoms. The largest absolute Gasteiger partial charge is 0.508 e. The lowest BCUT2D eigenvalue weighted by molar-refractivity contribution is -0.136. The number of rotatable bonds is 11. The van der Waals surface area contributed by atoms with Crippen LogP contribution in [0, 0.1) is 34.9 Å². The van der Waals surface area contributed by atoms with Gasteiger partial charge in [-0.3, -0.25) is 29.6 Å². The molecule has 3 atom stereocenters. The molecule has 2 unspecified atom stereocenters. The first-order valence-electron chi connectivity index (χ1n) is 25.2. The molecule has 3 N–H and O–H groups in total. The van der Waals surface area contributed by atoms with Gasteiger partial charge in [0.25, 0.3) is 5.91 Å². The van der Waals surface area contributed by atoms with Gasteiger partial charge in [-0.15, -0.1) is 6.42 Å². The predicted molar refractivity (Wildman–Crippen MR) is 262 cm³/mol. The molecular formula is C54H57FN10O5. The number of anilines is 2. The Kier molecular flexibility index (Phi) is 10.3. The molecule has 2 bridgehead atoms. The van der Waals surface area contributed by atoms with Gasteiger partial charge in [0.15, 0.2) is 5.82 Å². The van der Waals surface area contributed by atoms with Crippen LogP contribution in [0.5, 0.6) is 11.8 Å². The number of hydrogen-bond donors (Lipinski definition) is 3. The summed E-state index contributed by atoms with van der Waals surface area (Å²) in [6.07, 6.45) is 15.0. The number of benzene rings is 3. The smallest absolute Gasteiger partial charge is 0.319 e. The molecule has 5 aromatic rings. The number of piperazine rings is 2. The highest BCUT2D eigenvalue weighted by atomic mass is 19.1. The molecule has 16 heteroatoms. The number of terminal acetylenes is 1. The minimum absolute atomic E-state index is 0.00794. The minimum atomic E-state index is -0.605. The van der Waals surface area contributed by atoms with E-state index in [4.69, 9.17) is 21.1 Å². The summed E-state index contributed by atoms with van der Waals surface area (Å²) < 4.78 is 23.6. The number of aromatic hydroxyl groups is 1. The monoisotopic (exact) mass is 944 g/mol. The average Bonchev–Trinajstić information content (AvgIpc) is 3.92. The maximum Gasteiger partial charge on any atom is 0.319 e. The van der Waals surface area contributed by atoms with Crippen LogP contribution in [-0.4, -0.2) is 143 Å². The average molecular weight is 945 g/mol. The SMILES string of the molecule is C#Cc1cccc2cc(O)cc(-c3ncc4c(N5CC6CCC(C5)N6)nc(OCC5(CN6CC7(CC(CN8CCN(c9ccc%10c(c9)CN([C@H]9CCC(=O)NC9=O)C%10=O)CC8)C7)C6)CC5)nc4c3F)c12. The number of carbonyl (C=O) groups is 3. The number of pyridine rings is 1. The van der Waals surface area contributed by atoms with Crippen molar-refractivity contribution in [2.45, 2.75) is 76.0 Å². The van der Waals surface area contributed by atoms with Crippen molar-refractivity contribution < 1.29 is 28.6 Å². The molecule has 8 aliphatic rings. The molecule has 0 radical (unpaired) electrons. The molecule has 2 aliphatic carbocycles. The highest BCUT2D eigenvalue weighted by Crippen LogP contribution is 2.55. The lowest BCUT2D eigenvalue weighted by Crippen LogP contribution is -2.64. The summed E-state index contributed by atoms with van der Waals surface area (Å²) in [5.41, 5.74) is 4.34. The van der Waals surface area contributed by atoms with Crippen LogP contribution >= 0.6 is 0 Å². The quantitative estimate of drug-likeness (QED) is 0.119. The van der Waals surface area contributed by atoms with Crippen molar-refractivity contribution in [3.63, 3.8) is 0 Å². The molecule has 3 aromatic carbocycles. The van der Waals surface area contributed by atoms with Crippen molar-refractivity contribution in [3.05, 3.63) is 77.2 Å². The molecule has 3 amide bonds. The van der Waals surface area contributed by atoms with Gasteiger partial charge in [-0.25, -0.2) is 4.39 Å². The molecule has 2 aromatic heterocycles. The lowest BCUT2D eigenvalue weighted by atomic mass is 9.57. The number of nitrogens with one attached hydrogen (secondary N) is 2. The maximum absolute atomic E-state index is 17.1. The number of ether oxygens (including phenoxy) is 1. The second-order valence-corrected chi connectivity index (χ2v) is 21.8. The Morgan fingerprint density at radius 1 is 0.914 bits per heavy atom. The molecule has 13 rings (SSSR count). The third kappa shape index (κ3) is 7.68. The zero-order valence-electron chi connectivity index (χ0n) is 39.3. The van der Waals surface area contributed by atoms with Crippen molar-refractivity contribution in [1.29, 1.82) is 0 Å². The third-order valence-electron chi connectivity index (χ3n) is 16.9. The highest BCUT2D eigenvalue weighted by molar-refractivity contribution is 6.06. The lowest BCUT2D eigenvalue weighted by Gasteiger charge is -2.60. The van der Waals surface area contributed by atoms with Crippen molar-refractivity contribution in [2.75, 3.05) is 81.9 Å². The van der Waals surface area contributed by atoms with E-state index in [1.807, 2.05) is 30.3 Å². The number of piperidine rings is 1. The first kappa shape index (κ1) is 43.6. The number of imide groups is 1. The van der Waals surface area contributed by atoms with Crippen LogP contribution in [0.3, 0.4) is 0 Å². The number of likely N-dealkylation sites (tertiary alicyclic amines) is 1. The minimum Gasteiger partial charge on any atom is -0.508 e. The first-order valence-corrected chi connectivity index (χ1v) is 25.2. The van der Waals surface area contributed by atoms with Crippen LogP contribution in [0.2, 0.25) is 0 Å². The second kappa shape index (κ2) is 16.6. The van der Waals surface area contributed by atoms with Gasteiger partial charge >= 0.3 is 6.01 Å². The zero-order chi connectivity index (χ0) is 47.5. The fourth-order valence-electron chi connectivity index (χ4n) is 13.3. The molecule has 2 saturated carbocycles. The Hall–Kier alpha value is -6.41. The van der Waals surface area contributed by atoms with E-state index in [0.717, 1.165) is 102 Å². The predicted octanol–water partition coefficient (Wildman–Crippen LogP) is 5.07. The van der Waals surface area contributed by atoms with Gasteiger partial charge in [0, 0.05) is 130 Å². The highest BCUT2D eigenvalue weighted by Gasteiger charge is 2.55. The zero-order valence-corrected chi connectivity index (χ0v) is 39.3. The van der Waals surface area contributed by atoms with Crippen molar-refractivity contribution >= 4 is 50.9 Å².